The zero-order valence-corrected chi connectivity index (χ0v) is 22.6. The molecule has 0 fully saturated rings. The summed E-state index contributed by atoms with van der Waals surface area (Å²) in [5.41, 5.74) is 2.74. The maximum atomic E-state index is 12.9. The Kier molecular flexibility index (Phi) is 7.98. The van der Waals surface area contributed by atoms with Gasteiger partial charge >= 0.3 is 0 Å². The van der Waals surface area contributed by atoms with Crippen molar-refractivity contribution in [3.8, 4) is 5.75 Å². The van der Waals surface area contributed by atoms with Crippen molar-refractivity contribution in [1.29, 1.82) is 0 Å². The Labute approximate surface area is 227 Å². The third-order valence-electron chi connectivity index (χ3n) is 6.79. The summed E-state index contributed by atoms with van der Waals surface area (Å²) in [5, 5.41) is 15.9. The van der Waals surface area contributed by atoms with Gasteiger partial charge in [0.05, 0.1) is 27.2 Å². The number of fused-ring (bicyclic) bond motifs is 3. The molecule has 37 heavy (non-hydrogen) atoms. The molecule has 0 spiro atoms. The summed E-state index contributed by atoms with van der Waals surface area (Å²) < 4.78 is 7.88. The Morgan fingerprint density at radius 1 is 1.08 bits per heavy atom. The van der Waals surface area contributed by atoms with E-state index in [0.717, 1.165) is 24.2 Å². The van der Waals surface area contributed by atoms with Crippen molar-refractivity contribution in [1.82, 2.24) is 5.32 Å². The molecular formula is C29H27BrN2O4S. The van der Waals surface area contributed by atoms with Crippen LogP contribution in [0.25, 0.3) is 10.1 Å². The fraction of sp³-hybridized carbons (Fsp3) is 0.276. The van der Waals surface area contributed by atoms with Crippen LogP contribution in [0.1, 0.15) is 51.7 Å². The number of nitro benzene ring substituents is 1. The van der Waals surface area contributed by atoms with Crippen LogP contribution in [-0.4, -0.2) is 23.9 Å². The molecule has 0 saturated carbocycles. The van der Waals surface area contributed by atoms with Crippen LogP contribution in [-0.2, 0) is 12.8 Å². The molecule has 0 saturated heterocycles. The maximum Gasteiger partial charge on any atom is 0.284 e. The molecule has 0 radical (unpaired) electrons. The normalized spacial score (nSPS) is 13.8. The molecule has 4 aromatic rings. The standard InChI is InChI=1S/C29H27BrN2O4S/c30-23-14-13-20(17-25(23)32(34)35)26(33)18-31-24(19-7-2-1-3-8-19)15-16-36-27-11-6-10-22-21-9-4-5-12-28(21)37-29(22)27/h1-3,6-8,10-11,13-14,17,24,31H,4-5,9,12,15-16,18H2. The van der Waals surface area contributed by atoms with Crippen molar-refractivity contribution in [3.63, 3.8) is 0 Å². The van der Waals surface area contributed by atoms with E-state index < -0.39 is 4.92 Å². The number of aryl methyl sites for hydroxylation is 2. The zero-order chi connectivity index (χ0) is 25.8. The summed E-state index contributed by atoms with van der Waals surface area (Å²) in [6, 6.07) is 20.6. The number of ether oxygens (including phenoxy) is 1. The number of nitrogens with one attached hydrogen (secondary N) is 1. The van der Waals surface area contributed by atoms with Crippen LogP contribution < -0.4 is 10.1 Å². The van der Waals surface area contributed by atoms with E-state index in [1.165, 1.54) is 45.5 Å². The summed E-state index contributed by atoms with van der Waals surface area (Å²) in [7, 11) is 0. The minimum atomic E-state index is -0.497. The number of ketones is 1. The largest absolute Gasteiger partial charge is 0.492 e. The van der Waals surface area contributed by atoms with Gasteiger partial charge in [0, 0.05) is 29.0 Å². The lowest BCUT2D eigenvalue weighted by Gasteiger charge is -2.19. The van der Waals surface area contributed by atoms with E-state index in [0.29, 0.717) is 23.1 Å². The van der Waals surface area contributed by atoms with Crippen LogP contribution in [0.15, 0.2) is 71.2 Å². The first-order chi connectivity index (χ1) is 18.0. The van der Waals surface area contributed by atoms with Gasteiger partial charge in [0.25, 0.3) is 5.69 Å². The molecule has 1 aliphatic carbocycles. The van der Waals surface area contributed by atoms with Crippen LogP contribution >= 0.6 is 27.3 Å². The van der Waals surface area contributed by atoms with Gasteiger partial charge < -0.3 is 10.1 Å². The van der Waals surface area contributed by atoms with E-state index in [4.69, 9.17) is 4.74 Å². The molecule has 0 amide bonds. The first kappa shape index (κ1) is 25.6. The van der Waals surface area contributed by atoms with Gasteiger partial charge in [0.1, 0.15) is 5.75 Å². The van der Waals surface area contributed by atoms with Crippen LogP contribution in [0.3, 0.4) is 0 Å². The van der Waals surface area contributed by atoms with E-state index in [-0.39, 0.29) is 24.1 Å². The van der Waals surface area contributed by atoms with Crippen LogP contribution in [0.2, 0.25) is 0 Å². The molecule has 1 aromatic heterocycles. The van der Waals surface area contributed by atoms with Gasteiger partial charge in [-0.05, 0) is 76.3 Å². The van der Waals surface area contributed by atoms with Gasteiger partial charge in [-0.1, -0.05) is 42.5 Å². The summed E-state index contributed by atoms with van der Waals surface area (Å²) >= 11 is 5.03. The first-order valence-corrected chi connectivity index (χ1v) is 14.0. The molecular weight excluding hydrogens is 552 g/mol. The van der Waals surface area contributed by atoms with Crippen LogP contribution in [0.5, 0.6) is 5.75 Å². The lowest BCUT2D eigenvalue weighted by Crippen LogP contribution is -2.29. The molecule has 8 heteroatoms. The fourth-order valence-corrected chi connectivity index (χ4v) is 6.62. The summed E-state index contributed by atoms with van der Waals surface area (Å²) in [6.45, 7) is 0.553. The van der Waals surface area contributed by atoms with Crippen LogP contribution in [0, 0.1) is 10.1 Å². The fourth-order valence-electron chi connectivity index (χ4n) is 4.87. The predicted molar refractivity (Wildman–Crippen MR) is 151 cm³/mol. The number of benzene rings is 3. The number of thiophene rings is 1. The zero-order valence-electron chi connectivity index (χ0n) is 20.2. The monoisotopic (exact) mass is 578 g/mol. The lowest BCUT2D eigenvalue weighted by atomic mass is 9.96. The number of hydrogen-bond acceptors (Lipinski definition) is 6. The minimum absolute atomic E-state index is 0.0611. The second-order valence-corrected chi connectivity index (χ2v) is 11.1. The van der Waals surface area contributed by atoms with Crippen molar-refractivity contribution in [2.24, 2.45) is 0 Å². The summed E-state index contributed by atoms with van der Waals surface area (Å²) in [6.07, 6.45) is 5.48. The molecule has 1 aliphatic rings. The number of nitro groups is 1. The summed E-state index contributed by atoms with van der Waals surface area (Å²) in [5.74, 6) is 0.716. The van der Waals surface area contributed by atoms with Crippen molar-refractivity contribution >= 4 is 48.8 Å². The predicted octanol–water partition coefficient (Wildman–Crippen LogP) is 7.43. The Morgan fingerprint density at radius 2 is 1.89 bits per heavy atom. The molecule has 3 aromatic carbocycles. The topological polar surface area (TPSA) is 81.5 Å². The number of nitrogens with zero attached hydrogens (tertiary/aromatic N) is 1. The average molecular weight is 580 g/mol. The Balaban J connectivity index is 1.27. The molecule has 1 atom stereocenters. The average Bonchev–Trinajstić information content (AvgIpc) is 3.30. The molecule has 0 bridgehead atoms. The highest BCUT2D eigenvalue weighted by molar-refractivity contribution is 9.10. The molecule has 5 rings (SSSR count). The number of Topliss-reactive ketones (excluding diaryl/α,β-unsaturated/α-hetero) is 1. The van der Waals surface area contributed by atoms with Crippen molar-refractivity contribution < 1.29 is 14.5 Å². The van der Waals surface area contributed by atoms with Crippen molar-refractivity contribution in [3.05, 3.63) is 103 Å². The number of hydrogen-bond donors (Lipinski definition) is 1. The van der Waals surface area contributed by atoms with E-state index in [1.807, 2.05) is 47.7 Å². The van der Waals surface area contributed by atoms with Crippen molar-refractivity contribution in [2.75, 3.05) is 13.2 Å². The summed E-state index contributed by atoms with van der Waals surface area (Å²) in [4.78, 5) is 25.1. The SMILES string of the molecule is O=C(CNC(CCOc1cccc2c3c(sc12)CCCC3)c1ccccc1)c1ccc(Br)c([N+](=O)[O-])c1. The minimum Gasteiger partial charge on any atom is -0.492 e. The van der Waals surface area contributed by atoms with Gasteiger partial charge in [-0.3, -0.25) is 14.9 Å². The lowest BCUT2D eigenvalue weighted by molar-refractivity contribution is -0.385. The van der Waals surface area contributed by atoms with Gasteiger partial charge in [0.15, 0.2) is 5.78 Å². The van der Waals surface area contributed by atoms with Gasteiger partial charge in [-0.25, -0.2) is 0 Å². The number of halogens is 1. The van der Waals surface area contributed by atoms with E-state index in [9.17, 15) is 14.9 Å². The molecule has 190 valence electrons. The van der Waals surface area contributed by atoms with Gasteiger partial charge in [-0.15, -0.1) is 11.3 Å². The third kappa shape index (κ3) is 5.76. The quantitative estimate of drug-likeness (QED) is 0.120. The molecule has 1 unspecified atom stereocenters. The smallest absolute Gasteiger partial charge is 0.284 e. The molecule has 1 heterocycles. The maximum absolute atomic E-state index is 12.9. The van der Waals surface area contributed by atoms with E-state index in [1.54, 1.807) is 6.07 Å². The second kappa shape index (κ2) is 11.5. The second-order valence-electron chi connectivity index (χ2n) is 9.17. The molecule has 0 aliphatic heterocycles. The highest BCUT2D eigenvalue weighted by Crippen LogP contribution is 2.41. The Hall–Kier alpha value is -3.07. The first-order valence-electron chi connectivity index (χ1n) is 12.4. The molecule has 1 N–H and O–H groups in total. The van der Waals surface area contributed by atoms with E-state index in [2.05, 4.69) is 33.4 Å². The number of rotatable bonds is 10. The number of carbonyl (C=O) groups is 1. The Morgan fingerprint density at radius 3 is 2.70 bits per heavy atom. The van der Waals surface area contributed by atoms with Crippen molar-refractivity contribution in [2.45, 2.75) is 38.1 Å². The van der Waals surface area contributed by atoms with Gasteiger partial charge in [-0.2, -0.15) is 0 Å². The highest BCUT2D eigenvalue weighted by atomic mass is 79.9. The highest BCUT2D eigenvalue weighted by Gasteiger charge is 2.20. The van der Waals surface area contributed by atoms with E-state index >= 15 is 0 Å². The third-order valence-corrected chi connectivity index (χ3v) is 8.78. The molecule has 6 nitrogen and oxygen atoms in total. The Bertz CT molecular complexity index is 1440. The van der Waals surface area contributed by atoms with Crippen LogP contribution in [0.4, 0.5) is 5.69 Å². The van der Waals surface area contributed by atoms with Gasteiger partial charge in [0.2, 0.25) is 0 Å². The number of carbonyl (C=O) groups excluding carboxylic acids is 1.